The van der Waals surface area contributed by atoms with Gasteiger partial charge in [0.15, 0.2) is 0 Å². The lowest BCUT2D eigenvalue weighted by Crippen LogP contribution is -2.42. The highest BCUT2D eigenvalue weighted by Gasteiger charge is 2.56. The third-order valence-electron chi connectivity index (χ3n) is 0.882. The number of rotatable bonds is 1. The van der Waals surface area contributed by atoms with Crippen molar-refractivity contribution >= 4 is 0 Å². The highest BCUT2D eigenvalue weighted by Crippen LogP contribution is 2.35. The molecule has 0 amide bonds. The molecule has 0 saturated carbocycles. The summed E-state index contributed by atoms with van der Waals surface area (Å²) in [6.45, 7) is 0. The van der Waals surface area contributed by atoms with Gasteiger partial charge in [-0.05, 0) is 0 Å². The quantitative estimate of drug-likeness (QED) is 0.573. The van der Waals surface area contributed by atoms with E-state index in [2.05, 4.69) is 0 Å². The Morgan fingerprint density at radius 1 is 0.583 bits per heavy atom. The van der Waals surface area contributed by atoms with Gasteiger partial charge in [0, 0.05) is 0 Å². The van der Waals surface area contributed by atoms with Crippen LogP contribution in [-0.2, 0) is 0 Å². The van der Waals surface area contributed by atoms with Crippen LogP contribution < -0.4 is 0 Å². The summed E-state index contributed by atoms with van der Waals surface area (Å²) >= 11 is 0. The van der Waals surface area contributed by atoms with E-state index < -0.39 is 24.7 Å². The third-order valence-corrected chi connectivity index (χ3v) is 0.882. The Hall–Kier alpha value is -0.560. The van der Waals surface area contributed by atoms with Crippen molar-refractivity contribution in [3.63, 3.8) is 0 Å². The molecule has 2 atom stereocenters. The van der Waals surface area contributed by atoms with Crippen LogP contribution in [0.4, 0.5) is 35.1 Å². The van der Waals surface area contributed by atoms with Gasteiger partial charge in [-0.15, -0.1) is 0 Å². The average Bonchev–Trinajstić information content (AvgIpc) is 1.80. The van der Waals surface area contributed by atoms with Crippen molar-refractivity contribution in [2.45, 2.75) is 24.7 Å². The first-order valence-electron chi connectivity index (χ1n) is 2.48. The molecule has 0 aliphatic carbocycles. The van der Waals surface area contributed by atoms with E-state index in [4.69, 9.17) is 0 Å². The van der Waals surface area contributed by atoms with Crippen LogP contribution in [0.5, 0.6) is 0 Å². The van der Waals surface area contributed by atoms with Crippen molar-refractivity contribution in [2.75, 3.05) is 0 Å². The first-order valence-corrected chi connectivity index (χ1v) is 2.48. The van der Waals surface area contributed by atoms with Crippen molar-refractivity contribution in [3.8, 4) is 0 Å². The normalized spacial score (nSPS) is 19.0. The van der Waals surface area contributed by atoms with Gasteiger partial charge in [-0.1, -0.05) is 0 Å². The predicted octanol–water partition coefficient (Wildman–Crippen LogP) is 2.79. The molecule has 8 heteroatoms. The molecule has 0 aromatic carbocycles. The molecule has 0 spiro atoms. The highest BCUT2D eigenvalue weighted by molar-refractivity contribution is 4.80. The van der Waals surface area contributed by atoms with Crippen LogP contribution in [0, 0.1) is 0 Å². The Morgan fingerprint density at radius 2 is 0.750 bits per heavy atom. The van der Waals surface area contributed by atoms with E-state index in [1.807, 2.05) is 0 Å². The van der Waals surface area contributed by atoms with E-state index in [-0.39, 0.29) is 0 Å². The van der Waals surface area contributed by atoms with Crippen molar-refractivity contribution in [3.05, 3.63) is 0 Å². The van der Waals surface area contributed by atoms with E-state index in [0.29, 0.717) is 0 Å². The van der Waals surface area contributed by atoms with Crippen molar-refractivity contribution in [1.82, 2.24) is 0 Å². The standard InChI is InChI=1S/C4H2F8/c5-1(3(7,8)9)2(6)4(10,11)12/h1-2H/t1-,2-/m1/s1. The molecule has 0 saturated heterocycles. The molecule has 0 aliphatic heterocycles. The molecule has 0 heterocycles. The molecule has 0 aliphatic rings. The van der Waals surface area contributed by atoms with Gasteiger partial charge in [-0.2, -0.15) is 26.3 Å². The van der Waals surface area contributed by atoms with E-state index in [1.54, 1.807) is 0 Å². The molecule has 0 radical (unpaired) electrons. The minimum Gasteiger partial charge on any atom is -0.234 e. The summed E-state index contributed by atoms with van der Waals surface area (Å²) in [5, 5.41) is 0. The zero-order chi connectivity index (χ0) is 10.2. The van der Waals surface area contributed by atoms with Crippen molar-refractivity contribution in [2.24, 2.45) is 0 Å². The van der Waals surface area contributed by atoms with Crippen LogP contribution in [0.25, 0.3) is 0 Å². The SMILES string of the molecule is F[C@H]([C@@H](F)C(F)(F)F)C(F)(F)F. The number of hydrogen-bond donors (Lipinski definition) is 0. The predicted molar refractivity (Wildman–Crippen MR) is 21.9 cm³/mol. The largest absolute Gasteiger partial charge is 0.422 e. The lowest BCUT2D eigenvalue weighted by Gasteiger charge is -2.18. The fourth-order valence-electron chi connectivity index (χ4n) is 0.332. The highest BCUT2D eigenvalue weighted by atomic mass is 19.4. The summed E-state index contributed by atoms with van der Waals surface area (Å²) in [5.74, 6) is 0. The first-order chi connectivity index (χ1) is 5.07. The monoisotopic (exact) mass is 202 g/mol. The summed E-state index contributed by atoms with van der Waals surface area (Å²) in [5.41, 5.74) is 0. The molecule has 0 unspecified atom stereocenters. The van der Waals surface area contributed by atoms with Gasteiger partial charge in [-0.3, -0.25) is 0 Å². The van der Waals surface area contributed by atoms with Crippen LogP contribution in [0.1, 0.15) is 0 Å². The van der Waals surface area contributed by atoms with Crippen molar-refractivity contribution < 1.29 is 35.1 Å². The van der Waals surface area contributed by atoms with E-state index in [1.165, 1.54) is 0 Å². The fourth-order valence-corrected chi connectivity index (χ4v) is 0.332. The summed E-state index contributed by atoms with van der Waals surface area (Å²) in [6.07, 6.45) is -20.7. The van der Waals surface area contributed by atoms with Crippen LogP contribution in [0.15, 0.2) is 0 Å². The topological polar surface area (TPSA) is 0 Å². The van der Waals surface area contributed by atoms with Gasteiger partial charge in [0.2, 0.25) is 12.3 Å². The maximum absolute atomic E-state index is 11.6. The van der Waals surface area contributed by atoms with Gasteiger partial charge in [0.25, 0.3) is 0 Å². The minimum atomic E-state index is -5.82. The molecule has 0 N–H and O–H groups in total. The second-order valence-electron chi connectivity index (χ2n) is 1.89. The smallest absolute Gasteiger partial charge is 0.234 e. The molecule has 0 fully saturated rings. The molecule has 0 rings (SSSR count). The fraction of sp³-hybridized carbons (Fsp3) is 1.00. The lowest BCUT2D eigenvalue weighted by molar-refractivity contribution is -0.258. The zero-order valence-corrected chi connectivity index (χ0v) is 5.18. The Kier molecular flexibility index (Phi) is 2.92. The average molecular weight is 202 g/mol. The maximum atomic E-state index is 11.6. The summed E-state index contributed by atoms with van der Waals surface area (Å²) < 4.78 is 89.8. The number of alkyl halides is 8. The Labute approximate surface area is 61.2 Å². The van der Waals surface area contributed by atoms with Crippen LogP contribution in [0.3, 0.4) is 0 Å². The Morgan fingerprint density at radius 3 is 0.833 bits per heavy atom. The first kappa shape index (κ1) is 11.4. The summed E-state index contributed by atoms with van der Waals surface area (Å²) in [4.78, 5) is 0. The second kappa shape index (κ2) is 3.06. The van der Waals surface area contributed by atoms with Gasteiger partial charge in [-0.25, -0.2) is 8.78 Å². The van der Waals surface area contributed by atoms with Gasteiger partial charge >= 0.3 is 12.4 Å². The lowest BCUT2D eigenvalue weighted by atomic mass is 10.2. The van der Waals surface area contributed by atoms with Crippen LogP contribution >= 0.6 is 0 Å². The number of hydrogen-bond acceptors (Lipinski definition) is 0. The Bertz CT molecular complexity index is 124. The van der Waals surface area contributed by atoms with Gasteiger partial charge in [0.1, 0.15) is 0 Å². The molecule has 74 valence electrons. The van der Waals surface area contributed by atoms with E-state index >= 15 is 0 Å². The molecule has 12 heavy (non-hydrogen) atoms. The molecular weight excluding hydrogens is 200 g/mol. The molecule has 0 aromatic heterocycles. The molecular formula is C4H2F8. The van der Waals surface area contributed by atoms with Crippen LogP contribution in [-0.4, -0.2) is 24.7 Å². The number of halogens is 8. The minimum absolute atomic E-state index is 4.52. The second-order valence-corrected chi connectivity index (χ2v) is 1.89. The van der Waals surface area contributed by atoms with E-state index in [9.17, 15) is 35.1 Å². The summed E-state index contributed by atoms with van der Waals surface area (Å²) in [7, 11) is 0. The zero-order valence-electron chi connectivity index (χ0n) is 5.18. The maximum Gasteiger partial charge on any atom is 0.422 e. The third kappa shape index (κ3) is 2.82. The molecule has 0 aromatic rings. The molecule has 0 nitrogen and oxygen atoms in total. The van der Waals surface area contributed by atoms with Gasteiger partial charge < -0.3 is 0 Å². The van der Waals surface area contributed by atoms with Crippen molar-refractivity contribution in [1.29, 1.82) is 0 Å². The molecule has 0 bridgehead atoms. The van der Waals surface area contributed by atoms with Gasteiger partial charge in [0.05, 0.1) is 0 Å². The Balaban J connectivity index is 4.41. The van der Waals surface area contributed by atoms with E-state index in [0.717, 1.165) is 0 Å². The van der Waals surface area contributed by atoms with Crippen LogP contribution in [0.2, 0.25) is 0 Å². The summed E-state index contributed by atoms with van der Waals surface area (Å²) in [6, 6.07) is 0.